The summed E-state index contributed by atoms with van der Waals surface area (Å²) in [5.41, 5.74) is 0.738. The number of ether oxygens (including phenoxy) is 1. The maximum atomic E-state index is 12.0. The number of aromatic nitrogens is 3. The lowest BCUT2D eigenvalue weighted by atomic mass is 10.1. The second kappa shape index (κ2) is 7.95. The van der Waals surface area contributed by atoms with Crippen LogP contribution in [0, 0.1) is 5.92 Å². The molecule has 7 heteroatoms. The van der Waals surface area contributed by atoms with Crippen LogP contribution in [-0.4, -0.2) is 33.8 Å². The zero-order valence-corrected chi connectivity index (χ0v) is 13.8. The van der Waals surface area contributed by atoms with Crippen LogP contribution in [0.1, 0.15) is 27.2 Å². The fourth-order valence-corrected chi connectivity index (χ4v) is 2.35. The summed E-state index contributed by atoms with van der Waals surface area (Å²) in [4.78, 5) is 16.2. The van der Waals surface area contributed by atoms with E-state index >= 15 is 0 Å². The minimum absolute atomic E-state index is 0.215. The van der Waals surface area contributed by atoms with Crippen molar-refractivity contribution in [3.63, 3.8) is 0 Å². The molecule has 1 atom stereocenters. The van der Waals surface area contributed by atoms with Crippen molar-refractivity contribution in [2.24, 2.45) is 5.92 Å². The van der Waals surface area contributed by atoms with Crippen LogP contribution in [0.15, 0.2) is 24.4 Å². The molecule has 0 bridgehead atoms. The number of rotatable bonds is 7. The highest BCUT2D eigenvalue weighted by molar-refractivity contribution is 7.18. The molecule has 0 radical (unpaired) electrons. The smallest absolute Gasteiger partial charge is 0.255 e. The van der Waals surface area contributed by atoms with Gasteiger partial charge in [-0.05, 0) is 31.4 Å². The standard InChI is InChI=1S/C15H20N4O2S/c1-10(2)7-9-21-11(3)13(20)17-15-19-18-14(22-15)12-6-4-5-8-16-12/h4-6,8,10-11H,7,9H2,1-3H3,(H,17,19,20)/t11-/m1/s1. The minimum Gasteiger partial charge on any atom is -0.369 e. The summed E-state index contributed by atoms with van der Waals surface area (Å²) in [6.07, 6.45) is 2.11. The van der Waals surface area contributed by atoms with E-state index < -0.39 is 6.10 Å². The van der Waals surface area contributed by atoms with E-state index in [1.54, 1.807) is 13.1 Å². The normalized spacial score (nSPS) is 12.4. The van der Waals surface area contributed by atoms with Crippen molar-refractivity contribution in [2.75, 3.05) is 11.9 Å². The Hall–Kier alpha value is -1.86. The van der Waals surface area contributed by atoms with E-state index in [0.29, 0.717) is 22.7 Å². The molecule has 0 aliphatic heterocycles. The minimum atomic E-state index is -0.513. The molecule has 0 fully saturated rings. The molecule has 2 aromatic rings. The number of amides is 1. The second-order valence-electron chi connectivity index (χ2n) is 5.31. The van der Waals surface area contributed by atoms with Gasteiger partial charge in [-0.25, -0.2) is 0 Å². The van der Waals surface area contributed by atoms with Crippen LogP contribution in [0.3, 0.4) is 0 Å². The Morgan fingerprint density at radius 1 is 1.32 bits per heavy atom. The molecule has 6 nitrogen and oxygen atoms in total. The van der Waals surface area contributed by atoms with Gasteiger partial charge >= 0.3 is 0 Å². The number of hydrogen-bond donors (Lipinski definition) is 1. The van der Waals surface area contributed by atoms with E-state index in [-0.39, 0.29) is 5.91 Å². The van der Waals surface area contributed by atoms with Crippen molar-refractivity contribution >= 4 is 22.4 Å². The van der Waals surface area contributed by atoms with Gasteiger partial charge in [0.15, 0.2) is 5.01 Å². The SMILES string of the molecule is CC(C)CCO[C@H](C)C(=O)Nc1nnc(-c2ccccn2)s1. The summed E-state index contributed by atoms with van der Waals surface area (Å²) in [5, 5.41) is 11.8. The van der Waals surface area contributed by atoms with Crippen LogP contribution in [-0.2, 0) is 9.53 Å². The lowest BCUT2D eigenvalue weighted by Gasteiger charge is -2.12. The van der Waals surface area contributed by atoms with E-state index in [4.69, 9.17) is 4.74 Å². The van der Waals surface area contributed by atoms with E-state index in [0.717, 1.165) is 12.1 Å². The molecule has 0 aliphatic rings. The predicted octanol–water partition coefficient (Wildman–Crippen LogP) is 2.99. The third-order valence-corrected chi connectivity index (χ3v) is 3.83. The third-order valence-electron chi connectivity index (χ3n) is 2.97. The fourth-order valence-electron chi connectivity index (χ4n) is 1.63. The number of anilines is 1. The van der Waals surface area contributed by atoms with Crippen LogP contribution >= 0.6 is 11.3 Å². The summed E-state index contributed by atoms with van der Waals surface area (Å²) in [7, 11) is 0. The monoisotopic (exact) mass is 320 g/mol. The summed E-state index contributed by atoms with van der Waals surface area (Å²) >= 11 is 1.29. The lowest BCUT2D eigenvalue weighted by molar-refractivity contribution is -0.126. The Morgan fingerprint density at radius 3 is 2.82 bits per heavy atom. The van der Waals surface area contributed by atoms with Gasteiger partial charge in [-0.2, -0.15) is 0 Å². The van der Waals surface area contributed by atoms with Crippen molar-refractivity contribution in [1.29, 1.82) is 0 Å². The van der Waals surface area contributed by atoms with Crippen molar-refractivity contribution in [3.05, 3.63) is 24.4 Å². The Labute approximate surface area is 134 Å². The van der Waals surface area contributed by atoms with Crippen LogP contribution in [0.4, 0.5) is 5.13 Å². The number of carbonyl (C=O) groups excluding carboxylic acids is 1. The first kappa shape index (κ1) is 16.5. The Balaban J connectivity index is 1.88. The van der Waals surface area contributed by atoms with Gasteiger partial charge in [-0.1, -0.05) is 31.3 Å². The van der Waals surface area contributed by atoms with Crippen molar-refractivity contribution in [1.82, 2.24) is 15.2 Å². The Kier molecular flexibility index (Phi) is 5.97. The highest BCUT2D eigenvalue weighted by Gasteiger charge is 2.16. The maximum Gasteiger partial charge on any atom is 0.255 e. The van der Waals surface area contributed by atoms with Gasteiger partial charge in [-0.3, -0.25) is 15.1 Å². The summed E-state index contributed by atoms with van der Waals surface area (Å²) in [6.45, 7) is 6.54. The van der Waals surface area contributed by atoms with Gasteiger partial charge in [-0.15, -0.1) is 10.2 Å². The first-order valence-corrected chi connectivity index (χ1v) is 8.05. The first-order chi connectivity index (χ1) is 10.6. The van der Waals surface area contributed by atoms with Crippen LogP contribution < -0.4 is 5.32 Å². The van der Waals surface area contributed by atoms with Crippen molar-refractivity contribution in [2.45, 2.75) is 33.3 Å². The first-order valence-electron chi connectivity index (χ1n) is 7.23. The summed E-state index contributed by atoms with van der Waals surface area (Å²) in [6, 6.07) is 5.57. The molecule has 0 aliphatic carbocycles. The van der Waals surface area contributed by atoms with Gasteiger partial charge in [0.2, 0.25) is 5.13 Å². The van der Waals surface area contributed by atoms with E-state index in [1.807, 2.05) is 18.2 Å². The third kappa shape index (κ3) is 4.85. The Bertz CT molecular complexity index is 601. The lowest BCUT2D eigenvalue weighted by Crippen LogP contribution is -2.28. The molecule has 118 valence electrons. The number of hydrogen-bond acceptors (Lipinski definition) is 6. The average Bonchev–Trinajstić information content (AvgIpc) is 2.96. The van der Waals surface area contributed by atoms with Gasteiger partial charge < -0.3 is 4.74 Å². The molecule has 0 spiro atoms. The molecule has 0 aromatic carbocycles. The quantitative estimate of drug-likeness (QED) is 0.848. The molecule has 0 saturated carbocycles. The van der Waals surface area contributed by atoms with Crippen LogP contribution in [0.5, 0.6) is 0 Å². The molecule has 22 heavy (non-hydrogen) atoms. The highest BCUT2D eigenvalue weighted by atomic mass is 32.1. The molecule has 0 unspecified atom stereocenters. The van der Waals surface area contributed by atoms with Gasteiger partial charge in [0, 0.05) is 12.8 Å². The predicted molar refractivity (Wildman–Crippen MR) is 86.6 cm³/mol. The average molecular weight is 320 g/mol. The second-order valence-corrected chi connectivity index (χ2v) is 6.29. The van der Waals surface area contributed by atoms with E-state index in [9.17, 15) is 4.79 Å². The molecule has 2 rings (SSSR count). The van der Waals surface area contributed by atoms with Crippen LogP contribution in [0.2, 0.25) is 0 Å². The number of nitrogens with zero attached hydrogens (tertiary/aromatic N) is 3. The van der Waals surface area contributed by atoms with E-state index in [1.165, 1.54) is 11.3 Å². The molecular weight excluding hydrogens is 300 g/mol. The summed E-state index contributed by atoms with van der Waals surface area (Å²) < 4.78 is 5.51. The van der Waals surface area contributed by atoms with Crippen molar-refractivity contribution in [3.8, 4) is 10.7 Å². The van der Waals surface area contributed by atoms with Crippen molar-refractivity contribution < 1.29 is 9.53 Å². The number of carbonyl (C=O) groups is 1. The van der Waals surface area contributed by atoms with Gasteiger partial charge in [0.05, 0.1) is 0 Å². The molecule has 1 N–H and O–H groups in total. The van der Waals surface area contributed by atoms with Crippen LogP contribution in [0.25, 0.3) is 10.7 Å². The Morgan fingerprint density at radius 2 is 2.14 bits per heavy atom. The molecule has 2 heterocycles. The van der Waals surface area contributed by atoms with E-state index in [2.05, 4.69) is 34.3 Å². The molecule has 0 saturated heterocycles. The summed E-state index contributed by atoms with van der Waals surface area (Å²) in [5.74, 6) is 0.340. The molecule has 2 aromatic heterocycles. The van der Waals surface area contributed by atoms with Gasteiger partial charge in [0.25, 0.3) is 5.91 Å². The largest absolute Gasteiger partial charge is 0.369 e. The fraction of sp³-hybridized carbons (Fsp3) is 0.467. The highest BCUT2D eigenvalue weighted by Crippen LogP contribution is 2.24. The number of pyridine rings is 1. The number of nitrogens with one attached hydrogen (secondary N) is 1. The zero-order chi connectivity index (χ0) is 15.9. The molecule has 1 amide bonds. The molecular formula is C15H20N4O2S. The zero-order valence-electron chi connectivity index (χ0n) is 12.9. The maximum absolute atomic E-state index is 12.0. The topological polar surface area (TPSA) is 77.0 Å². The van der Waals surface area contributed by atoms with Gasteiger partial charge in [0.1, 0.15) is 11.8 Å².